The van der Waals surface area contributed by atoms with Gasteiger partial charge in [0.25, 0.3) is 11.6 Å². The fraction of sp³-hybridized carbons (Fsp3) is 0.531. The van der Waals surface area contributed by atoms with Gasteiger partial charge in [0.15, 0.2) is 0 Å². The number of carbonyl (C=O) groups excluding carboxylic acids is 3. The molecule has 5 heterocycles. The second-order valence-corrected chi connectivity index (χ2v) is 14.0. The second kappa shape index (κ2) is 9.71. The van der Waals surface area contributed by atoms with Gasteiger partial charge in [-0.1, -0.05) is 45.9 Å². The summed E-state index contributed by atoms with van der Waals surface area (Å²) >= 11 is 3.71. The summed E-state index contributed by atoms with van der Waals surface area (Å²) in [6, 6.07) is 5.77. The van der Waals surface area contributed by atoms with Gasteiger partial charge in [0.2, 0.25) is 17.7 Å². The van der Waals surface area contributed by atoms with Gasteiger partial charge in [0.05, 0.1) is 16.2 Å². The van der Waals surface area contributed by atoms with E-state index < -0.39 is 17.7 Å². The quantitative estimate of drug-likeness (QED) is 0.509. The van der Waals surface area contributed by atoms with Crippen LogP contribution in [0.15, 0.2) is 40.5 Å². The Bertz CT molecular complexity index is 1590. The molecule has 42 heavy (non-hydrogen) atoms. The average Bonchev–Trinajstić information content (AvgIpc) is 3.63. The highest BCUT2D eigenvalue weighted by atomic mass is 79.9. The minimum Gasteiger partial charge on any atom is -0.441 e. The lowest BCUT2D eigenvalue weighted by atomic mass is 9.79. The van der Waals surface area contributed by atoms with Gasteiger partial charge in [-0.25, -0.2) is 0 Å². The van der Waals surface area contributed by atoms with Gasteiger partial charge >= 0.3 is 0 Å². The maximum atomic E-state index is 14.4. The lowest BCUT2D eigenvalue weighted by Crippen LogP contribution is -2.62. The number of halogens is 1. The van der Waals surface area contributed by atoms with Crippen LogP contribution in [-0.2, 0) is 25.5 Å². The van der Waals surface area contributed by atoms with Crippen LogP contribution in [0.25, 0.3) is 16.5 Å². The fourth-order valence-electron chi connectivity index (χ4n) is 7.60. The van der Waals surface area contributed by atoms with E-state index in [1.54, 1.807) is 9.80 Å². The van der Waals surface area contributed by atoms with Crippen molar-refractivity contribution in [2.45, 2.75) is 71.2 Å². The zero-order valence-corrected chi connectivity index (χ0v) is 26.4. The third-order valence-electron chi connectivity index (χ3n) is 9.74. The minimum absolute atomic E-state index is 0.0466. The molecule has 3 amide bonds. The molecule has 2 N–H and O–H groups in total. The first-order chi connectivity index (χ1) is 20.0. The SMILES string of the molecule is CC(C)C[C@H]1C(=O)N2CCCC2=C2O[C@](NC(=O)[C@@H]3C=C4c5cccc6[nH]c(Br)c(c56)C[C@H]4N(C)C3)(C(C)C)C(=O)N21. The molecule has 0 bridgehead atoms. The van der Waals surface area contributed by atoms with Gasteiger partial charge in [-0.15, -0.1) is 0 Å². The molecule has 2 aromatic rings. The van der Waals surface area contributed by atoms with Crippen molar-refractivity contribution in [3.05, 3.63) is 51.6 Å². The molecular formula is C32H38BrN5O4. The lowest BCUT2D eigenvalue weighted by molar-refractivity contribution is -0.153. The monoisotopic (exact) mass is 635 g/mol. The van der Waals surface area contributed by atoms with Crippen LogP contribution in [0.2, 0.25) is 0 Å². The molecule has 9 nitrogen and oxygen atoms in total. The van der Waals surface area contributed by atoms with Crippen molar-refractivity contribution < 1.29 is 19.1 Å². The highest BCUT2D eigenvalue weighted by molar-refractivity contribution is 9.10. The molecule has 4 aliphatic heterocycles. The van der Waals surface area contributed by atoms with Gasteiger partial charge in [-0.05, 0) is 77.3 Å². The molecule has 4 atom stereocenters. The van der Waals surface area contributed by atoms with E-state index in [9.17, 15) is 14.4 Å². The molecule has 222 valence electrons. The van der Waals surface area contributed by atoms with E-state index in [1.807, 2.05) is 19.9 Å². The number of likely N-dealkylation sites (N-methyl/N-ethyl adjacent to an activating group) is 1. The van der Waals surface area contributed by atoms with Crippen LogP contribution in [0.4, 0.5) is 0 Å². The molecule has 0 unspecified atom stereocenters. The molecule has 10 heteroatoms. The van der Waals surface area contributed by atoms with E-state index in [2.05, 4.69) is 70.2 Å². The first-order valence-electron chi connectivity index (χ1n) is 15.1. The van der Waals surface area contributed by atoms with Crippen molar-refractivity contribution in [1.29, 1.82) is 0 Å². The molecule has 0 spiro atoms. The molecule has 7 rings (SSSR count). The summed E-state index contributed by atoms with van der Waals surface area (Å²) in [5.74, 6) is -0.822. The number of nitrogens with zero attached hydrogens (tertiary/aromatic N) is 3. The summed E-state index contributed by atoms with van der Waals surface area (Å²) in [6.07, 6.45) is 4.98. The number of benzene rings is 1. The third-order valence-corrected chi connectivity index (χ3v) is 10.4. The topological polar surface area (TPSA) is 98.0 Å². The van der Waals surface area contributed by atoms with Crippen LogP contribution >= 0.6 is 15.9 Å². The Morgan fingerprint density at radius 2 is 2.02 bits per heavy atom. The maximum Gasteiger partial charge on any atom is 0.296 e. The van der Waals surface area contributed by atoms with Crippen LogP contribution in [0.5, 0.6) is 0 Å². The number of aromatic nitrogens is 1. The van der Waals surface area contributed by atoms with E-state index >= 15 is 0 Å². The molecular weight excluding hydrogens is 598 g/mol. The zero-order chi connectivity index (χ0) is 29.7. The standard InChI is InChI=1S/C32H38BrN5O4/c1-16(2)12-25-29(40)37-11-7-10-23(37)30-38(25)31(41)32(42-30,17(3)4)35-28(39)18-13-20-19-8-6-9-22-26(19)21(27(33)34-22)14-24(20)36(5)15-18/h6,8-9,13,16-18,24-25,34H,7,10-12,14-15H2,1-5H3,(H,35,39)/t18-,24-,25+,32-/m1/s1. The normalized spacial score (nSPS) is 28.9. The Morgan fingerprint density at radius 3 is 2.76 bits per heavy atom. The Morgan fingerprint density at radius 1 is 1.24 bits per heavy atom. The molecule has 5 aliphatic rings. The van der Waals surface area contributed by atoms with Gasteiger partial charge < -0.3 is 19.9 Å². The summed E-state index contributed by atoms with van der Waals surface area (Å²) in [5.41, 5.74) is 3.79. The largest absolute Gasteiger partial charge is 0.441 e. The van der Waals surface area contributed by atoms with E-state index in [-0.39, 0.29) is 35.6 Å². The van der Waals surface area contributed by atoms with Crippen molar-refractivity contribution in [3.8, 4) is 0 Å². The predicted octanol–water partition coefficient (Wildman–Crippen LogP) is 4.35. The van der Waals surface area contributed by atoms with Crippen molar-refractivity contribution in [2.24, 2.45) is 17.8 Å². The molecule has 0 radical (unpaired) electrons. The van der Waals surface area contributed by atoms with Crippen molar-refractivity contribution >= 4 is 50.1 Å². The maximum absolute atomic E-state index is 14.4. The zero-order valence-electron chi connectivity index (χ0n) is 24.8. The number of nitrogens with one attached hydrogen (secondary N) is 2. The van der Waals surface area contributed by atoms with Crippen molar-refractivity contribution in [2.75, 3.05) is 20.1 Å². The summed E-state index contributed by atoms with van der Waals surface area (Å²) in [4.78, 5) is 51.1. The van der Waals surface area contributed by atoms with Crippen LogP contribution in [0, 0.1) is 17.8 Å². The number of rotatable bonds is 5. The molecule has 0 saturated carbocycles. The van der Waals surface area contributed by atoms with E-state index in [0.29, 0.717) is 31.8 Å². The highest BCUT2D eigenvalue weighted by Gasteiger charge is 2.61. The van der Waals surface area contributed by atoms with Crippen molar-refractivity contribution in [1.82, 2.24) is 25.0 Å². The highest BCUT2D eigenvalue weighted by Crippen LogP contribution is 2.46. The minimum atomic E-state index is -1.58. The third kappa shape index (κ3) is 3.86. The Labute approximate surface area is 254 Å². The van der Waals surface area contributed by atoms with Crippen molar-refractivity contribution in [3.63, 3.8) is 0 Å². The summed E-state index contributed by atoms with van der Waals surface area (Å²) < 4.78 is 7.59. The Hall–Kier alpha value is -3.11. The first kappa shape index (κ1) is 27.7. The molecule has 2 saturated heterocycles. The van der Waals surface area contributed by atoms with Crippen LogP contribution in [-0.4, -0.2) is 75.4 Å². The summed E-state index contributed by atoms with van der Waals surface area (Å²) in [7, 11) is 2.06. The lowest BCUT2D eigenvalue weighted by Gasteiger charge is -2.40. The van der Waals surface area contributed by atoms with E-state index in [1.165, 1.54) is 10.9 Å². The molecule has 1 aromatic heterocycles. The number of allylic oxidation sites excluding steroid dienone is 1. The smallest absolute Gasteiger partial charge is 0.296 e. The van der Waals surface area contributed by atoms with E-state index in [0.717, 1.165) is 39.8 Å². The van der Waals surface area contributed by atoms with Gasteiger partial charge in [-0.3, -0.25) is 24.2 Å². The van der Waals surface area contributed by atoms with Gasteiger partial charge in [0.1, 0.15) is 6.04 Å². The average molecular weight is 637 g/mol. The Kier molecular flexibility index (Phi) is 6.40. The summed E-state index contributed by atoms with van der Waals surface area (Å²) in [5, 5.41) is 4.30. The number of hydrogen-bond donors (Lipinski definition) is 2. The molecule has 1 aliphatic carbocycles. The van der Waals surface area contributed by atoms with Crippen LogP contribution in [0.1, 0.15) is 58.1 Å². The molecule has 2 fully saturated rings. The predicted molar refractivity (Wildman–Crippen MR) is 162 cm³/mol. The number of fused-ring (bicyclic) bond motifs is 4. The van der Waals surface area contributed by atoms with Gasteiger partial charge in [0, 0.05) is 36.0 Å². The second-order valence-electron chi connectivity index (χ2n) is 13.2. The number of ether oxygens (including phenoxy) is 1. The number of amides is 3. The fourth-order valence-corrected chi connectivity index (χ4v) is 8.18. The first-order valence-corrected chi connectivity index (χ1v) is 15.9. The number of aromatic amines is 1. The molecule has 1 aromatic carbocycles. The summed E-state index contributed by atoms with van der Waals surface area (Å²) in [6.45, 7) is 9.04. The van der Waals surface area contributed by atoms with Gasteiger partial charge in [-0.2, -0.15) is 0 Å². The van der Waals surface area contributed by atoms with Crippen LogP contribution < -0.4 is 5.32 Å². The number of H-pyrrole nitrogens is 1. The number of hydrogen-bond acceptors (Lipinski definition) is 5. The van der Waals surface area contributed by atoms with E-state index in [4.69, 9.17) is 4.74 Å². The van der Waals surface area contributed by atoms with Crippen LogP contribution in [0.3, 0.4) is 0 Å². The number of carbonyl (C=O) groups is 3. The Balaban J connectivity index is 1.25.